The minimum Gasteiger partial charge on any atom is -0.465 e. The van der Waals surface area contributed by atoms with Crippen molar-refractivity contribution in [1.82, 2.24) is 0 Å². The maximum absolute atomic E-state index is 12.8. The van der Waals surface area contributed by atoms with Crippen molar-refractivity contribution < 1.29 is 19.1 Å². The highest BCUT2D eigenvalue weighted by atomic mass is 16.5. The number of carbonyl (C=O) groups excluding carboxylic acids is 3. The molecule has 4 rings (SSSR count). The molecule has 0 bridgehead atoms. The van der Waals surface area contributed by atoms with Crippen molar-refractivity contribution in [3.63, 3.8) is 0 Å². The van der Waals surface area contributed by atoms with E-state index in [0.29, 0.717) is 18.5 Å². The van der Waals surface area contributed by atoms with E-state index in [0.717, 1.165) is 36.2 Å². The van der Waals surface area contributed by atoms with Crippen LogP contribution in [0.4, 0.5) is 11.4 Å². The van der Waals surface area contributed by atoms with Gasteiger partial charge in [0, 0.05) is 18.7 Å². The number of benzene rings is 2. The Morgan fingerprint density at radius 2 is 1.74 bits per heavy atom. The lowest BCUT2D eigenvalue weighted by Gasteiger charge is -2.35. The van der Waals surface area contributed by atoms with Crippen molar-refractivity contribution in [3.8, 4) is 0 Å². The number of nitrogens with zero attached hydrogens (tertiary/aromatic N) is 1. The minimum atomic E-state index is -0.546. The highest BCUT2D eigenvalue weighted by Crippen LogP contribution is 2.38. The van der Waals surface area contributed by atoms with Crippen molar-refractivity contribution >= 4 is 29.2 Å². The number of hydrogen-bond acceptors (Lipinski definition) is 4. The second-order valence-electron chi connectivity index (χ2n) is 6.78. The van der Waals surface area contributed by atoms with E-state index in [1.807, 2.05) is 17.0 Å². The monoisotopic (exact) mass is 364 g/mol. The average Bonchev–Trinajstić information content (AvgIpc) is 2.70. The molecule has 6 heteroatoms. The number of nitrogens with one attached hydrogen (secondary N) is 1. The smallest absolute Gasteiger partial charge is 0.338 e. The van der Waals surface area contributed by atoms with E-state index in [-0.39, 0.29) is 22.9 Å². The van der Waals surface area contributed by atoms with E-state index >= 15 is 0 Å². The third kappa shape index (κ3) is 3.07. The fourth-order valence-electron chi connectivity index (χ4n) is 3.89. The summed E-state index contributed by atoms with van der Waals surface area (Å²) >= 11 is 0. The molecule has 2 aliphatic rings. The van der Waals surface area contributed by atoms with Gasteiger partial charge in [-0.25, -0.2) is 4.79 Å². The van der Waals surface area contributed by atoms with E-state index in [1.165, 1.54) is 7.11 Å². The number of carbonyl (C=O) groups is 3. The van der Waals surface area contributed by atoms with Crippen LogP contribution in [0.15, 0.2) is 36.4 Å². The van der Waals surface area contributed by atoms with Gasteiger partial charge < -0.3 is 15.0 Å². The van der Waals surface area contributed by atoms with Crippen LogP contribution in [0.2, 0.25) is 0 Å². The van der Waals surface area contributed by atoms with Gasteiger partial charge in [-0.1, -0.05) is 12.1 Å². The first-order chi connectivity index (χ1) is 13.1. The number of ether oxygens (including phenoxy) is 1. The van der Waals surface area contributed by atoms with Gasteiger partial charge in [0.15, 0.2) is 0 Å². The normalized spacial score (nSPS) is 15.1. The molecule has 0 unspecified atom stereocenters. The zero-order chi connectivity index (χ0) is 19.0. The highest BCUT2D eigenvalue weighted by molar-refractivity contribution is 6.11. The molecule has 0 aliphatic carbocycles. The summed E-state index contributed by atoms with van der Waals surface area (Å²) in [6.45, 7) is 0.761. The van der Waals surface area contributed by atoms with Gasteiger partial charge in [0.05, 0.1) is 23.9 Å². The first-order valence-corrected chi connectivity index (χ1v) is 9.03. The third-order valence-corrected chi connectivity index (χ3v) is 5.11. The highest BCUT2D eigenvalue weighted by Gasteiger charge is 2.30. The van der Waals surface area contributed by atoms with Crippen LogP contribution in [0, 0.1) is 0 Å². The fraction of sp³-hybridized carbons (Fsp3) is 0.286. The quantitative estimate of drug-likeness (QED) is 0.850. The van der Waals surface area contributed by atoms with Gasteiger partial charge in [0.2, 0.25) is 5.91 Å². The molecule has 0 fully saturated rings. The van der Waals surface area contributed by atoms with Gasteiger partial charge in [0.25, 0.3) is 5.91 Å². The van der Waals surface area contributed by atoms with Crippen molar-refractivity contribution in [1.29, 1.82) is 0 Å². The maximum Gasteiger partial charge on any atom is 0.338 e. The summed E-state index contributed by atoms with van der Waals surface area (Å²) in [6.07, 6.45) is 2.98. The zero-order valence-electron chi connectivity index (χ0n) is 15.1. The molecule has 2 aliphatic heterocycles. The van der Waals surface area contributed by atoms with Crippen LogP contribution >= 0.6 is 0 Å². The van der Waals surface area contributed by atoms with E-state index < -0.39 is 5.97 Å². The molecule has 0 atom stereocenters. The molecular formula is C21H20N2O4. The SMILES string of the molecule is COC(=O)c1ccccc1C(=O)Nc1cc2c3c(c1)CCC(=O)N3CCC2. The molecule has 2 heterocycles. The van der Waals surface area contributed by atoms with Crippen LogP contribution in [-0.2, 0) is 22.4 Å². The maximum atomic E-state index is 12.8. The van der Waals surface area contributed by atoms with Crippen LogP contribution < -0.4 is 10.2 Å². The predicted octanol–water partition coefficient (Wildman–Crippen LogP) is 2.95. The standard InChI is InChI=1S/C21H20N2O4/c1-27-21(26)17-7-3-2-6-16(17)20(25)22-15-11-13-5-4-10-23-18(24)9-8-14(12-15)19(13)23/h2-3,6-7,11-12H,4-5,8-10H2,1H3,(H,22,25). The topological polar surface area (TPSA) is 75.7 Å². The molecule has 0 spiro atoms. The number of rotatable bonds is 3. The first kappa shape index (κ1) is 17.3. The van der Waals surface area contributed by atoms with Crippen LogP contribution in [-0.4, -0.2) is 31.4 Å². The summed E-state index contributed by atoms with van der Waals surface area (Å²) in [5, 5.41) is 2.90. The summed E-state index contributed by atoms with van der Waals surface area (Å²) in [6, 6.07) is 10.4. The molecule has 0 saturated carbocycles. The molecule has 2 aromatic carbocycles. The Bertz CT molecular complexity index is 934. The minimum absolute atomic E-state index is 0.173. The van der Waals surface area contributed by atoms with Gasteiger partial charge in [0.1, 0.15) is 0 Å². The molecular weight excluding hydrogens is 344 g/mol. The summed E-state index contributed by atoms with van der Waals surface area (Å²) < 4.78 is 4.76. The lowest BCUT2D eigenvalue weighted by atomic mass is 9.91. The Morgan fingerprint density at radius 1 is 1.04 bits per heavy atom. The zero-order valence-corrected chi connectivity index (χ0v) is 15.1. The predicted molar refractivity (Wildman–Crippen MR) is 101 cm³/mol. The van der Waals surface area contributed by atoms with Gasteiger partial charge in [-0.3, -0.25) is 9.59 Å². The third-order valence-electron chi connectivity index (χ3n) is 5.11. The molecule has 6 nitrogen and oxygen atoms in total. The second-order valence-corrected chi connectivity index (χ2v) is 6.78. The summed E-state index contributed by atoms with van der Waals surface area (Å²) in [5.74, 6) is -0.731. The van der Waals surface area contributed by atoms with Gasteiger partial charge >= 0.3 is 5.97 Å². The van der Waals surface area contributed by atoms with Crippen molar-refractivity contribution in [3.05, 3.63) is 58.7 Å². The number of hydrogen-bond donors (Lipinski definition) is 1. The first-order valence-electron chi connectivity index (χ1n) is 9.03. The number of amides is 2. The molecule has 1 N–H and O–H groups in total. The van der Waals surface area contributed by atoms with E-state index in [4.69, 9.17) is 4.74 Å². The van der Waals surface area contributed by atoms with Gasteiger partial charge in [-0.2, -0.15) is 0 Å². The van der Waals surface area contributed by atoms with Crippen molar-refractivity contribution in [2.45, 2.75) is 25.7 Å². The Kier molecular flexibility index (Phi) is 4.39. The summed E-state index contributed by atoms with van der Waals surface area (Å²) in [7, 11) is 1.29. The molecule has 138 valence electrons. The van der Waals surface area contributed by atoms with Crippen LogP contribution in [0.3, 0.4) is 0 Å². The Hall–Kier alpha value is -3.15. The van der Waals surface area contributed by atoms with Crippen LogP contribution in [0.25, 0.3) is 0 Å². The van der Waals surface area contributed by atoms with E-state index in [2.05, 4.69) is 5.32 Å². The van der Waals surface area contributed by atoms with E-state index in [9.17, 15) is 14.4 Å². The van der Waals surface area contributed by atoms with Gasteiger partial charge in [-0.15, -0.1) is 0 Å². The molecule has 27 heavy (non-hydrogen) atoms. The number of methoxy groups -OCH3 is 1. The van der Waals surface area contributed by atoms with Gasteiger partial charge in [-0.05, 0) is 54.7 Å². The average molecular weight is 364 g/mol. The number of aryl methyl sites for hydroxylation is 2. The molecule has 0 saturated heterocycles. The molecule has 2 aromatic rings. The molecule has 0 aromatic heterocycles. The summed E-state index contributed by atoms with van der Waals surface area (Å²) in [4.78, 5) is 38.7. The Balaban J connectivity index is 1.66. The van der Waals surface area contributed by atoms with Crippen molar-refractivity contribution in [2.75, 3.05) is 23.9 Å². The lowest BCUT2D eigenvalue weighted by Crippen LogP contribution is -2.39. The van der Waals surface area contributed by atoms with Crippen LogP contribution in [0.5, 0.6) is 0 Å². The number of anilines is 2. The number of esters is 1. The summed E-state index contributed by atoms with van der Waals surface area (Å²) in [5.41, 5.74) is 4.38. The second kappa shape index (κ2) is 6.87. The molecule has 0 radical (unpaired) electrons. The van der Waals surface area contributed by atoms with Crippen LogP contribution in [0.1, 0.15) is 44.7 Å². The fourth-order valence-corrected chi connectivity index (χ4v) is 3.89. The lowest BCUT2D eigenvalue weighted by molar-refractivity contribution is -0.119. The largest absolute Gasteiger partial charge is 0.465 e. The van der Waals surface area contributed by atoms with E-state index in [1.54, 1.807) is 24.3 Å². The van der Waals surface area contributed by atoms with Crippen molar-refractivity contribution in [2.24, 2.45) is 0 Å². The Labute approximate surface area is 157 Å². The Morgan fingerprint density at radius 3 is 2.48 bits per heavy atom. The molecule has 2 amide bonds.